The molecule has 3 heteroatoms. The summed E-state index contributed by atoms with van der Waals surface area (Å²) in [5.41, 5.74) is 4.30. The molecule has 1 N–H and O–H groups in total. The van der Waals surface area contributed by atoms with E-state index in [0.29, 0.717) is 6.04 Å². The fourth-order valence-electron chi connectivity index (χ4n) is 2.18. The third-order valence-electron chi connectivity index (χ3n) is 3.35. The molecular formula is C16H16N2S. The van der Waals surface area contributed by atoms with Crippen molar-refractivity contribution in [3.8, 4) is 0 Å². The Morgan fingerprint density at radius 2 is 2.00 bits per heavy atom. The first kappa shape index (κ1) is 12.3. The minimum Gasteiger partial charge on any atom is -0.305 e. The Hall–Kier alpha value is -1.71. The summed E-state index contributed by atoms with van der Waals surface area (Å²) < 4.78 is 0. The molecule has 2 aromatic carbocycles. The van der Waals surface area contributed by atoms with Crippen molar-refractivity contribution in [2.45, 2.75) is 19.5 Å². The average molecular weight is 268 g/mol. The molecule has 0 amide bonds. The second-order valence-electron chi connectivity index (χ2n) is 4.69. The molecule has 2 nitrogen and oxygen atoms in total. The van der Waals surface area contributed by atoms with Crippen LogP contribution in [0.3, 0.4) is 0 Å². The van der Waals surface area contributed by atoms with Crippen LogP contribution >= 0.6 is 11.3 Å². The Balaban J connectivity index is 1.75. The van der Waals surface area contributed by atoms with Gasteiger partial charge in [0.05, 0.1) is 11.2 Å². The standard InChI is InChI=1S/C16H16N2S/c1-12(17-9-16-10-19-11-18-16)14-7-6-13-4-2-3-5-15(13)8-14/h2-8,10-12,17H,9H2,1H3. The van der Waals surface area contributed by atoms with Gasteiger partial charge >= 0.3 is 0 Å². The van der Waals surface area contributed by atoms with Gasteiger partial charge in [-0.05, 0) is 29.3 Å². The van der Waals surface area contributed by atoms with Gasteiger partial charge < -0.3 is 5.32 Å². The van der Waals surface area contributed by atoms with Crippen molar-refractivity contribution in [2.24, 2.45) is 0 Å². The summed E-state index contributed by atoms with van der Waals surface area (Å²) in [6, 6.07) is 15.4. The summed E-state index contributed by atoms with van der Waals surface area (Å²) in [5.74, 6) is 0. The van der Waals surface area contributed by atoms with Gasteiger partial charge in [0, 0.05) is 18.0 Å². The maximum Gasteiger partial charge on any atom is 0.0795 e. The lowest BCUT2D eigenvalue weighted by Crippen LogP contribution is -2.18. The summed E-state index contributed by atoms with van der Waals surface area (Å²) in [6.45, 7) is 3.01. The van der Waals surface area contributed by atoms with Crippen LogP contribution in [0.1, 0.15) is 24.2 Å². The van der Waals surface area contributed by atoms with Gasteiger partial charge in [-0.2, -0.15) is 0 Å². The van der Waals surface area contributed by atoms with E-state index in [0.717, 1.165) is 12.2 Å². The summed E-state index contributed by atoms with van der Waals surface area (Å²) in [4.78, 5) is 4.29. The van der Waals surface area contributed by atoms with E-state index >= 15 is 0 Å². The van der Waals surface area contributed by atoms with E-state index in [9.17, 15) is 0 Å². The van der Waals surface area contributed by atoms with E-state index in [1.54, 1.807) is 11.3 Å². The third-order valence-corrected chi connectivity index (χ3v) is 3.98. The highest BCUT2D eigenvalue weighted by molar-refractivity contribution is 7.07. The predicted molar refractivity (Wildman–Crippen MR) is 81.3 cm³/mol. The molecule has 3 aromatic rings. The Morgan fingerprint density at radius 1 is 1.16 bits per heavy atom. The molecule has 0 fully saturated rings. The van der Waals surface area contributed by atoms with E-state index in [1.165, 1.54) is 16.3 Å². The van der Waals surface area contributed by atoms with Crippen LogP contribution in [0.2, 0.25) is 0 Å². The van der Waals surface area contributed by atoms with E-state index in [-0.39, 0.29) is 0 Å². The largest absolute Gasteiger partial charge is 0.305 e. The van der Waals surface area contributed by atoms with Gasteiger partial charge in [-0.1, -0.05) is 36.4 Å². The quantitative estimate of drug-likeness (QED) is 0.769. The molecule has 0 saturated carbocycles. The number of hydrogen-bond donors (Lipinski definition) is 1. The molecule has 1 atom stereocenters. The molecule has 96 valence electrons. The first-order chi connectivity index (χ1) is 9.33. The van der Waals surface area contributed by atoms with E-state index < -0.39 is 0 Å². The first-order valence-corrected chi connectivity index (χ1v) is 7.36. The van der Waals surface area contributed by atoms with Crippen LogP contribution in [0, 0.1) is 0 Å². The number of benzene rings is 2. The number of rotatable bonds is 4. The highest BCUT2D eigenvalue weighted by Crippen LogP contribution is 2.20. The number of thiazole rings is 1. The minimum atomic E-state index is 0.325. The number of hydrogen-bond acceptors (Lipinski definition) is 3. The number of nitrogens with one attached hydrogen (secondary N) is 1. The van der Waals surface area contributed by atoms with Crippen molar-refractivity contribution in [1.29, 1.82) is 0 Å². The van der Waals surface area contributed by atoms with Crippen molar-refractivity contribution in [1.82, 2.24) is 10.3 Å². The molecule has 0 aliphatic heterocycles. The highest BCUT2D eigenvalue weighted by atomic mass is 32.1. The molecule has 19 heavy (non-hydrogen) atoms. The average Bonchev–Trinajstić information content (AvgIpc) is 2.97. The fourth-order valence-corrected chi connectivity index (χ4v) is 2.74. The van der Waals surface area contributed by atoms with Crippen LogP contribution in [-0.4, -0.2) is 4.98 Å². The number of fused-ring (bicyclic) bond motifs is 1. The van der Waals surface area contributed by atoms with Gasteiger partial charge in [0.1, 0.15) is 0 Å². The lowest BCUT2D eigenvalue weighted by Gasteiger charge is -2.14. The van der Waals surface area contributed by atoms with Gasteiger partial charge in [-0.3, -0.25) is 0 Å². The molecule has 0 radical (unpaired) electrons. The van der Waals surface area contributed by atoms with Crippen LogP contribution in [0.4, 0.5) is 0 Å². The minimum absolute atomic E-state index is 0.325. The zero-order valence-electron chi connectivity index (χ0n) is 10.8. The molecule has 0 bridgehead atoms. The van der Waals surface area contributed by atoms with Gasteiger partial charge in [-0.15, -0.1) is 11.3 Å². The zero-order valence-corrected chi connectivity index (χ0v) is 11.7. The number of nitrogens with zero attached hydrogens (tertiary/aromatic N) is 1. The van der Waals surface area contributed by atoms with Crippen molar-refractivity contribution in [3.63, 3.8) is 0 Å². The molecule has 0 spiro atoms. The predicted octanol–water partition coefficient (Wildman–Crippen LogP) is 4.15. The lowest BCUT2D eigenvalue weighted by molar-refractivity contribution is 0.569. The molecule has 0 aliphatic rings. The fraction of sp³-hybridized carbons (Fsp3) is 0.188. The van der Waals surface area contributed by atoms with Crippen LogP contribution in [0.5, 0.6) is 0 Å². The Kier molecular flexibility index (Phi) is 3.58. The third kappa shape index (κ3) is 2.83. The van der Waals surface area contributed by atoms with Crippen LogP contribution in [-0.2, 0) is 6.54 Å². The maximum absolute atomic E-state index is 4.29. The molecule has 1 heterocycles. The summed E-state index contributed by atoms with van der Waals surface area (Å²) in [5, 5.41) is 8.18. The summed E-state index contributed by atoms with van der Waals surface area (Å²) in [6.07, 6.45) is 0. The van der Waals surface area contributed by atoms with E-state index in [4.69, 9.17) is 0 Å². The second kappa shape index (κ2) is 5.51. The highest BCUT2D eigenvalue weighted by Gasteiger charge is 2.06. The van der Waals surface area contributed by atoms with Gasteiger partial charge in [0.2, 0.25) is 0 Å². The van der Waals surface area contributed by atoms with E-state index in [1.807, 2.05) is 5.51 Å². The second-order valence-corrected chi connectivity index (χ2v) is 5.41. The van der Waals surface area contributed by atoms with E-state index in [2.05, 4.69) is 65.1 Å². The monoisotopic (exact) mass is 268 g/mol. The molecule has 0 aliphatic carbocycles. The van der Waals surface area contributed by atoms with Crippen molar-refractivity contribution in [3.05, 3.63) is 64.6 Å². The topological polar surface area (TPSA) is 24.9 Å². The SMILES string of the molecule is CC(NCc1cscn1)c1ccc2ccccc2c1. The smallest absolute Gasteiger partial charge is 0.0795 e. The maximum atomic E-state index is 4.29. The molecular weight excluding hydrogens is 252 g/mol. The molecule has 1 aromatic heterocycles. The zero-order chi connectivity index (χ0) is 13.1. The molecule has 3 rings (SSSR count). The van der Waals surface area contributed by atoms with Crippen molar-refractivity contribution in [2.75, 3.05) is 0 Å². The summed E-state index contributed by atoms with van der Waals surface area (Å²) in [7, 11) is 0. The lowest BCUT2D eigenvalue weighted by atomic mass is 10.0. The normalized spacial score (nSPS) is 12.7. The molecule has 0 saturated heterocycles. The van der Waals surface area contributed by atoms with Gasteiger partial charge in [-0.25, -0.2) is 4.98 Å². The van der Waals surface area contributed by atoms with Crippen molar-refractivity contribution >= 4 is 22.1 Å². The van der Waals surface area contributed by atoms with Crippen molar-refractivity contribution < 1.29 is 0 Å². The number of aromatic nitrogens is 1. The van der Waals surface area contributed by atoms with Gasteiger partial charge in [0.15, 0.2) is 0 Å². The van der Waals surface area contributed by atoms with Crippen LogP contribution < -0.4 is 5.32 Å². The molecule has 1 unspecified atom stereocenters. The van der Waals surface area contributed by atoms with Gasteiger partial charge in [0.25, 0.3) is 0 Å². The first-order valence-electron chi connectivity index (χ1n) is 6.42. The Bertz CT molecular complexity index is 661. The summed E-state index contributed by atoms with van der Waals surface area (Å²) >= 11 is 1.64. The van der Waals surface area contributed by atoms with Crippen LogP contribution in [0.25, 0.3) is 10.8 Å². The van der Waals surface area contributed by atoms with Crippen LogP contribution in [0.15, 0.2) is 53.4 Å². The Morgan fingerprint density at radius 3 is 2.79 bits per heavy atom. The Labute approximate surface area is 117 Å².